The maximum Gasteiger partial charge on any atom is 0.150 e. The van der Waals surface area contributed by atoms with E-state index in [9.17, 15) is 5.11 Å². The van der Waals surface area contributed by atoms with Gasteiger partial charge in [-0.2, -0.15) is 0 Å². The molecule has 7 heteroatoms. The van der Waals surface area contributed by atoms with Gasteiger partial charge in [0, 0.05) is 28.9 Å². The van der Waals surface area contributed by atoms with Crippen molar-refractivity contribution in [3.05, 3.63) is 50.6 Å². The normalized spacial score (nSPS) is 12.0. The molecule has 2 aromatic heterocycles. The van der Waals surface area contributed by atoms with Crippen LogP contribution >= 0.6 is 27.5 Å². The van der Waals surface area contributed by atoms with Crippen molar-refractivity contribution < 1.29 is 5.11 Å². The van der Waals surface area contributed by atoms with Crippen LogP contribution in [0.5, 0.6) is 5.75 Å². The van der Waals surface area contributed by atoms with Crippen LogP contribution in [-0.2, 0) is 0 Å². The van der Waals surface area contributed by atoms with E-state index < -0.39 is 0 Å². The molecule has 134 valence electrons. The minimum Gasteiger partial charge on any atom is -0.507 e. The number of aromatic nitrogens is 3. The van der Waals surface area contributed by atoms with E-state index in [1.54, 1.807) is 18.5 Å². The van der Waals surface area contributed by atoms with E-state index in [0.29, 0.717) is 21.0 Å². The molecule has 5 nitrogen and oxygen atoms in total. The van der Waals surface area contributed by atoms with Gasteiger partial charge in [-0.1, -0.05) is 32.4 Å². The molecule has 0 saturated heterocycles. The first kappa shape index (κ1) is 19.5. The largest absolute Gasteiger partial charge is 0.507 e. The van der Waals surface area contributed by atoms with Crippen molar-refractivity contribution in [2.24, 2.45) is 0 Å². The molecule has 1 aromatic carbocycles. The molecule has 3 N–H and O–H groups in total. The topological polar surface area (TPSA) is 76.4 Å². The van der Waals surface area contributed by atoms with Gasteiger partial charge >= 0.3 is 0 Å². The van der Waals surface area contributed by atoms with Gasteiger partial charge in [0.2, 0.25) is 0 Å². The van der Waals surface area contributed by atoms with E-state index in [-0.39, 0.29) is 11.7 Å². The van der Waals surface area contributed by atoms with Crippen LogP contribution in [0.25, 0.3) is 5.52 Å². The molecule has 0 spiro atoms. The summed E-state index contributed by atoms with van der Waals surface area (Å²) >= 11 is 9.72. The second-order valence-electron chi connectivity index (χ2n) is 5.56. The van der Waals surface area contributed by atoms with Crippen LogP contribution in [0.15, 0.2) is 23.1 Å². The molecular weight excluding hydrogens is 404 g/mol. The Morgan fingerprint density at radius 2 is 1.92 bits per heavy atom. The van der Waals surface area contributed by atoms with Gasteiger partial charge in [-0.3, -0.25) is 4.40 Å². The SMILES string of the molecule is CC.Cc1c(Cl)cc(C(C)c2nc(Br)c3c(N)nccn23)c(O)c1C. The van der Waals surface area contributed by atoms with Crippen molar-refractivity contribution in [1.82, 2.24) is 14.4 Å². The minimum atomic E-state index is -0.174. The Labute approximate surface area is 161 Å². The first-order valence-electron chi connectivity index (χ1n) is 8.09. The molecule has 1 atom stereocenters. The Hall–Kier alpha value is -1.79. The second kappa shape index (κ2) is 7.62. The van der Waals surface area contributed by atoms with Crippen molar-refractivity contribution in [2.45, 2.75) is 40.5 Å². The summed E-state index contributed by atoms with van der Waals surface area (Å²) in [6.07, 6.45) is 3.43. The number of halogens is 2. The van der Waals surface area contributed by atoms with Gasteiger partial charge in [-0.05, 0) is 47.0 Å². The molecule has 2 heterocycles. The number of anilines is 1. The number of rotatable bonds is 2. The van der Waals surface area contributed by atoms with Crippen LogP contribution in [0.1, 0.15) is 49.2 Å². The molecule has 1 unspecified atom stereocenters. The fourth-order valence-electron chi connectivity index (χ4n) is 2.70. The molecule has 0 aliphatic carbocycles. The van der Waals surface area contributed by atoms with Crippen molar-refractivity contribution in [1.29, 1.82) is 0 Å². The molecule has 3 aromatic rings. The highest BCUT2D eigenvalue weighted by molar-refractivity contribution is 9.10. The number of aromatic hydroxyl groups is 1. The number of benzene rings is 1. The van der Waals surface area contributed by atoms with E-state index in [0.717, 1.165) is 22.5 Å². The molecule has 0 saturated carbocycles. The molecule has 0 fully saturated rings. The molecular formula is C18H22BrClN4O. The van der Waals surface area contributed by atoms with E-state index in [2.05, 4.69) is 25.9 Å². The number of hydrogen-bond donors (Lipinski definition) is 2. The Morgan fingerprint density at radius 3 is 2.56 bits per heavy atom. The minimum absolute atomic E-state index is 0.174. The quantitative estimate of drug-likeness (QED) is 0.589. The summed E-state index contributed by atoms with van der Waals surface area (Å²) in [6, 6.07) is 1.80. The van der Waals surface area contributed by atoms with Gasteiger partial charge < -0.3 is 10.8 Å². The monoisotopic (exact) mass is 424 g/mol. The molecule has 3 rings (SSSR count). The van der Waals surface area contributed by atoms with Crippen LogP contribution in [0.2, 0.25) is 5.02 Å². The molecule has 25 heavy (non-hydrogen) atoms. The van der Waals surface area contributed by atoms with Gasteiger partial charge in [0.15, 0.2) is 5.82 Å². The summed E-state index contributed by atoms with van der Waals surface area (Å²) in [4.78, 5) is 8.64. The van der Waals surface area contributed by atoms with E-state index >= 15 is 0 Å². The van der Waals surface area contributed by atoms with Crippen LogP contribution in [0.4, 0.5) is 5.82 Å². The number of phenols is 1. The maximum absolute atomic E-state index is 10.5. The summed E-state index contributed by atoms with van der Waals surface area (Å²) in [6.45, 7) is 9.71. The lowest BCUT2D eigenvalue weighted by Gasteiger charge is -2.17. The Kier molecular flexibility index (Phi) is 5.95. The molecule has 0 amide bonds. The highest BCUT2D eigenvalue weighted by atomic mass is 79.9. The Bertz CT molecular complexity index is 923. The van der Waals surface area contributed by atoms with Crippen molar-refractivity contribution >= 4 is 38.9 Å². The molecule has 0 radical (unpaired) electrons. The third-order valence-corrected chi connectivity index (χ3v) is 5.20. The van der Waals surface area contributed by atoms with Gasteiger partial charge in [0.1, 0.15) is 21.7 Å². The smallest absolute Gasteiger partial charge is 0.150 e. The predicted octanol–water partition coefficient (Wildman–Crippen LogP) is 5.23. The second-order valence-corrected chi connectivity index (χ2v) is 6.72. The molecule has 0 aliphatic rings. The first-order valence-corrected chi connectivity index (χ1v) is 9.26. The summed E-state index contributed by atoms with van der Waals surface area (Å²) in [5.41, 5.74) is 9.03. The zero-order chi connectivity index (χ0) is 18.9. The van der Waals surface area contributed by atoms with Gasteiger partial charge in [-0.25, -0.2) is 9.97 Å². The highest BCUT2D eigenvalue weighted by Gasteiger charge is 2.23. The van der Waals surface area contributed by atoms with Gasteiger partial charge in [-0.15, -0.1) is 0 Å². The van der Waals surface area contributed by atoms with Gasteiger partial charge in [0.25, 0.3) is 0 Å². The summed E-state index contributed by atoms with van der Waals surface area (Å²) in [7, 11) is 0. The number of phenolic OH excluding ortho intramolecular Hbond substituents is 1. The fourth-order valence-corrected chi connectivity index (χ4v) is 3.54. The van der Waals surface area contributed by atoms with Crippen molar-refractivity contribution in [3.63, 3.8) is 0 Å². The van der Waals surface area contributed by atoms with Crippen molar-refractivity contribution in [2.75, 3.05) is 5.73 Å². The molecule has 0 bridgehead atoms. The zero-order valence-electron chi connectivity index (χ0n) is 14.9. The third-order valence-electron chi connectivity index (χ3n) is 4.25. The van der Waals surface area contributed by atoms with E-state index in [4.69, 9.17) is 17.3 Å². The number of nitrogen functional groups attached to an aromatic ring is 1. The third kappa shape index (κ3) is 3.33. The van der Waals surface area contributed by atoms with Crippen LogP contribution < -0.4 is 5.73 Å². The predicted molar refractivity (Wildman–Crippen MR) is 107 cm³/mol. The van der Waals surface area contributed by atoms with Gasteiger partial charge in [0.05, 0.1) is 0 Å². The average Bonchev–Trinajstić information content (AvgIpc) is 2.95. The zero-order valence-corrected chi connectivity index (χ0v) is 17.3. The first-order chi connectivity index (χ1) is 11.8. The Balaban J connectivity index is 0.00000109. The lowest BCUT2D eigenvalue weighted by Crippen LogP contribution is -2.05. The van der Waals surface area contributed by atoms with Crippen LogP contribution in [0, 0.1) is 13.8 Å². The van der Waals surface area contributed by atoms with Crippen molar-refractivity contribution in [3.8, 4) is 5.75 Å². The number of fused-ring (bicyclic) bond motifs is 1. The molecule has 0 aliphatic heterocycles. The number of nitrogens with zero attached hydrogens (tertiary/aromatic N) is 3. The summed E-state index contributed by atoms with van der Waals surface area (Å²) in [5, 5.41) is 11.2. The number of nitrogens with two attached hydrogens (primary N) is 1. The summed E-state index contributed by atoms with van der Waals surface area (Å²) < 4.78 is 2.50. The standard InChI is InChI=1S/C16H16BrClN4O.C2H6/c1-7-8(2)13(23)10(6-11(7)18)9(3)16-21-14(17)12-15(19)20-4-5-22(12)16;1-2/h4-6,9,23H,1-3H3,(H2,19,20);1-2H3. The average molecular weight is 426 g/mol. The van der Waals surface area contributed by atoms with Crippen LogP contribution in [-0.4, -0.2) is 19.5 Å². The Morgan fingerprint density at radius 1 is 1.28 bits per heavy atom. The van der Waals surface area contributed by atoms with E-state index in [1.165, 1.54) is 0 Å². The highest BCUT2D eigenvalue weighted by Crippen LogP contribution is 2.38. The number of hydrogen-bond acceptors (Lipinski definition) is 4. The summed E-state index contributed by atoms with van der Waals surface area (Å²) in [5.74, 6) is 1.21. The van der Waals surface area contributed by atoms with E-state index in [1.807, 2.05) is 39.0 Å². The lowest BCUT2D eigenvalue weighted by molar-refractivity contribution is 0.460. The number of imidazole rings is 1. The lowest BCUT2D eigenvalue weighted by atomic mass is 9.94. The maximum atomic E-state index is 10.5. The fraction of sp³-hybridized carbons (Fsp3) is 0.333. The van der Waals surface area contributed by atoms with Crippen LogP contribution in [0.3, 0.4) is 0 Å².